The van der Waals surface area contributed by atoms with Crippen molar-refractivity contribution in [3.05, 3.63) is 0 Å². The molecule has 0 heterocycles. The molecule has 0 spiro atoms. The Kier molecular flexibility index (Phi) is 6.57. The fourth-order valence-corrected chi connectivity index (χ4v) is 0.800. The molecule has 2 nitrogen and oxygen atoms in total. The lowest BCUT2D eigenvalue weighted by molar-refractivity contribution is 0.0938. The molecule has 0 aliphatic heterocycles. The molecule has 0 aromatic rings. The normalized spacial score (nSPS) is 13.9. The number of hydrogen-bond donors (Lipinski definition) is 1. The molecular weight excluding hydrogens is 140 g/mol. The predicted octanol–water partition coefficient (Wildman–Crippen LogP) is 1.82. The Morgan fingerprint density at radius 2 is 1.91 bits per heavy atom. The smallest absolute Gasteiger partial charge is 0.0513 e. The van der Waals surface area contributed by atoms with Crippen LogP contribution in [-0.4, -0.2) is 24.4 Å². The van der Waals surface area contributed by atoms with E-state index in [1.807, 2.05) is 6.92 Å². The van der Waals surface area contributed by atoms with Gasteiger partial charge >= 0.3 is 0 Å². The zero-order valence-electron chi connectivity index (χ0n) is 7.84. The Bertz CT molecular complexity index is 69.6. The average Bonchev–Trinajstić information content (AvgIpc) is 1.85. The summed E-state index contributed by atoms with van der Waals surface area (Å²) in [6.07, 6.45) is 1.63. The monoisotopic (exact) mass is 160 g/mol. The van der Waals surface area contributed by atoms with Crippen LogP contribution in [-0.2, 0) is 4.74 Å². The van der Waals surface area contributed by atoms with Crippen molar-refractivity contribution in [3.63, 3.8) is 0 Å². The highest BCUT2D eigenvalue weighted by atomic mass is 16.5. The number of hydrogen-bond acceptors (Lipinski definition) is 2. The van der Waals surface area contributed by atoms with Gasteiger partial charge in [0.05, 0.1) is 6.10 Å². The summed E-state index contributed by atoms with van der Waals surface area (Å²) in [6.45, 7) is 7.69. The number of ether oxygens (including phenoxy) is 1. The zero-order chi connectivity index (χ0) is 8.69. The first kappa shape index (κ1) is 10.9. The lowest BCUT2D eigenvalue weighted by atomic mass is 10.2. The zero-order valence-corrected chi connectivity index (χ0v) is 7.84. The molecule has 0 bridgehead atoms. The predicted molar refractivity (Wildman–Crippen MR) is 46.6 cm³/mol. The summed E-state index contributed by atoms with van der Waals surface area (Å²) in [7, 11) is 0. The molecular formula is C9H20O2. The number of aliphatic hydroxyl groups is 1. The third-order valence-electron chi connectivity index (χ3n) is 1.36. The Labute approximate surface area is 69.6 Å². The summed E-state index contributed by atoms with van der Waals surface area (Å²) < 4.78 is 5.33. The quantitative estimate of drug-likeness (QED) is 0.600. The fraction of sp³-hybridized carbons (Fsp3) is 1.00. The SMILES string of the molecule is CC(C)COCCCC(C)O. The number of rotatable bonds is 6. The van der Waals surface area contributed by atoms with Crippen molar-refractivity contribution in [1.29, 1.82) is 0 Å². The van der Waals surface area contributed by atoms with Gasteiger partial charge in [-0.3, -0.25) is 0 Å². The summed E-state index contributed by atoms with van der Waals surface area (Å²) in [5.41, 5.74) is 0. The molecule has 0 radical (unpaired) electrons. The minimum absolute atomic E-state index is 0.183. The van der Waals surface area contributed by atoms with E-state index in [2.05, 4.69) is 13.8 Å². The van der Waals surface area contributed by atoms with Crippen molar-refractivity contribution in [2.45, 2.75) is 39.7 Å². The molecule has 0 aromatic carbocycles. The molecule has 0 aromatic heterocycles. The largest absolute Gasteiger partial charge is 0.393 e. The van der Waals surface area contributed by atoms with Crippen LogP contribution in [0.3, 0.4) is 0 Å². The van der Waals surface area contributed by atoms with E-state index >= 15 is 0 Å². The third kappa shape index (κ3) is 9.92. The van der Waals surface area contributed by atoms with Gasteiger partial charge in [-0.25, -0.2) is 0 Å². The lowest BCUT2D eigenvalue weighted by Gasteiger charge is -2.07. The van der Waals surface area contributed by atoms with Gasteiger partial charge in [0, 0.05) is 13.2 Å². The maximum atomic E-state index is 8.91. The van der Waals surface area contributed by atoms with Gasteiger partial charge in [0.25, 0.3) is 0 Å². The standard InChI is InChI=1S/C9H20O2/c1-8(2)7-11-6-4-5-9(3)10/h8-10H,4-7H2,1-3H3. The van der Waals surface area contributed by atoms with Crippen LogP contribution in [0.1, 0.15) is 33.6 Å². The summed E-state index contributed by atoms with van der Waals surface area (Å²) in [6, 6.07) is 0. The third-order valence-corrected chi connectivity index (χ3v) is 1.36. The minimum atomic E-state index is -0.183. The highest BCUT2D eigenvalue weighted by molar-refractivity contribution is 4.46. The molecule has 0 aliphatic rings. The van der Waals surface area contributed by atoms with Crippen LogP contribution in [0.15, 0.2) is 0 Å². The first-order valence-corrected chi connectivity index (χ1v) is 4.38. The highest BCUT2D eigenvalue weighted by Gasteiger charge is 1.96. The Balaban J connectivity index is 2.91. The van der Waals surface area contributed by atoms with Crippen molar-refractivity contribution in [1.82, 2.24) is 0 Å². The van der Waals surface area contributed by atoms with Crippen LogP contribution in [0.2, 0.25) is 0 Å². The summed E-state index contributed by atoms with van der Waals surface area (Å²) in [5.74, 6) is 0.613. The van der Waals surface area contributed by atoms with Crippen LogP contribution >= 0.6 is 0 Å². The van der Waals surface area contributed by atoms with Gasteiger partial charge in [-0.1, -0.05) is 13.8 Å². The van der Waals surface area contributed by atoms with Gasteiger partial charge in [-0.05, 0) is 25.7 Å². The summed E-state index contributed by atoms with van der Waals surface area (Å²) in [5, 5.41) is 8.91. The van der Waals surface area contributed by atoms with Crippen LogP contribution < -0.4 is 0 Å². The molecule has 1 unspecified atom stereocenters. The van der Waals surface area contributed by atoms with E-state index in [9.17, 15) is 0 Å². The second-order valence-corrected chi connectivity index (χ2v) is 3.46. The Morgan fingerprint density at radius 3 is 2.36 bits per heavy atom. The minimum Gasteiger partial charge on any atom is -0.393 e. The fourth-order valence-electron chi connectivity index (χ4n) is 0.800. The second kappa shape index (κ2) is 6.62. The highest BCUT2D eigenvalue weighted by Crippen LogP contribution is 1.98. The van der Waals surface area contributed by atoms with Gasteiger partial charge in [-0.2, -0.15) is 0 Å². The van der Waals surface area contributed by atoms with E-state index in [-0.39, 0.29) is 6.10 Å². The van der Waals surface area contributed by atoms with Gasteiger partial charge in [0.2, 0.25) is 0 Å². The molecule has 0 fully saturated rings. The Hall–Kier alpha value is -0.0800. The topological polar surface area (TPSA) is 29.5 Å². The van der Waals surface area contributed by atoms with Gasteiger partial charge in [-0.15, -0.1) is 0 Å². The summed E-state index contributed by atoms with van der Waals surface area (Å²) in [4.78, 5) is 0. The molecule has 1 atom stereocenters. The molecule has 1 N–H and O–H groups in total. The van der Waals surface area contributed by atoms with Crippen molar-refractivity contribution >= 4 is 0 Å². The van der Waals surface area contributed by atoms with Crippen molar-refractivity contribution < 1.29 is 9.84 Å². The molecule has 0 saturated carbocycles. The molecule has 0 rings (SSSR count). The first-order valence-electron chi connectivity index (χ1n) is 4.38. The van der Waals surface area contributed by atoms with E-state index in [1.165, 1.54) is 0 Å². The van der Waals surface area contributed by atoms with E-state index in [0.29, 0.717) is 5.92 Å². The van der Waals surface area contributed by atoms with Gasteiger partial charge in [0.15, 0.2) is 0 Å². The molecule has 0 aliphatic carbocycles. The maximum absolute atomic E-state index is 8.91. The van der Waals surface area contributed by atoms with Crippen LogP contribution in [0.4, 0.5) is 0 Å². The average molecular weight is 160 g/mol. The van der Waals surface area contributed by atoms with Crippen molar-refractivity contribution in [3.8, 4) is 0 Å². The van der Waals surface area contributed by atoms with Gasteiger partial charge < -0.3 is 9.84 Å². The molecule has 11 heavy (non-hydrogen) atoms. The second-order valence-electron chi connectivity index (χ2n) is 3.46. The van der Waals surface area contributed by atoms with Crippen LogP contribution in [0, 0.1) is 5.92 Å². The van der Waals surface area contributed by atoms with Crippen LogP contribution in [0.5, 0.6) is 0 Å². The van der Waals surface area contributed by atoms with Crippen molar-refractivity contribution in [2.75, 3.05) is 13.2 Å². The maximum Gasteiger partial charge on any atom is 0.0513 e. The Morgan fingerprint density at radius 1 is 1.27 bits per heavy atom. The van der Waals surface area contributed by atoms with E-state index in [4.69, 9.17) is 9.84 Å². The first-order chi connectivity index (χ1) is 5.13. The van der Waals surface area contributed by atoms with E-state index < -0.39 is 0 Å². The van der Waals surface area contributed by atoms with E-state index in [0.717, 1.165) is 26.1 Å². The van der Waals surface area contributed by atoms with E-state index in [1.54, 1.807) is 0 Å². The van der Waals surface area contributed by atoms with Crippen LogP contribution in [0.25, 0.3) is 0 Å². The van der Waals surface area contributed by atoms with Gasteiger partial charge in [0.1, 0.15) is 0 Å². The molecule has 0 amide bonds. The lowest BCUT2D eigenvalue weighted by Crippen LogP contribution is -2.06. The number of aliphatic hydroxyl groups excluding tert-OH is 1. The summed E-state index contributed by atoms with van der Waals surface area (Å²) >= 11 is 0. The molecule has 68 valence electrons. The molecule has 2 heteroatoms. The van der Waals surface area contributed by atoms with Crippen molar-refractivity contribution in [2.24, 2.45) is 5.92 Å². The molecule has 0 saturated heterocycles.